The maximum atomic E-state index is 11.6. The molecule has 0 aliphatic heterocycles. The number of nitrogens with one attached hydrogen (secondary N) is 2. The minimum absolute atomic E-state index is 0.0549. The van der Waals surface area contributed by atoms with Crippen LogP contribution in [0.25, 0.3) is 0 Å². The fraction of sp³-hybridized carbons (Fsp3) is 0.250. The summed E-state index contributed by atoms with van der Waals surface area (Å²) in [7, 11) is -7.38. The van der Waals surface area contributed by atoms with E-state index in [1.165, 1.54) is 24.3 Å². The molecule has 0 bridgehead atoms. The van der Waals surface area contributed by atoms with Gasteiger partial charge in [0.2, 0.25) is 10.0 Å². The zero-order chi connectivity index (χ0) is 13.1. The third-order valence-corrected chi connectivity index (χ3v) is 3.84. The molecule has 0 amide bonds. The van der Waals surface area contributed by atoms with Crippen molar-refractivity contribution in [3.05, 3.63) is 24.3 Å². The Morgan fingerprint density at radius 3 is 2.06 bits per heavy atom. The molecule has 0 unspecified atom stereocenters. The van der Waals surface area contributed by atoms with Crippen molar-refractivity contribution in [1.29, 1.82) is 0 Å². The Labute approximate surface area is 100 Å². The fourth-order valence-corrected chi connectivity index (χ4v) is 2.65. The fourth-order valence-electron chi connectivity index (χ4n) is 1.14. The molecule has 0 aliphatic carbocycles. The van der Waals surface area contributed by atoms with E-state index in [1.807, 2.05) is 4.72 Å². The number of benzene rings is 1. The standard InChI is InChI=1S/C8H13N3O4S2/c1-2-10-16(12,13)8-5-3-7(4-6-8)11-17(9,14)15/h3-6,10-11H,2H2,1H3,(H2,9,14,15). The molecular formula is C8H13N3O4S2. The van der Waals surface area contributed by atoms with E-state index in [1.54, 1.807) is 6.92 Å². The van der Waals surface area contributed by atoms with Crippen molar-refractivity contribution in [3.8, 4) is 0 Å². The number of sulfonamides is 1. The lowest BCUT2D eigenvalue weighted by atomic mass is 10.3. The quantitative estimate of drug-likeness (QED) is 0.679. The zero-order valence-corrected chi connectivity index (χ0v) is 10.7. The van der Waals surface area contributed by atoms with Gasteiger partial charge < -0.3 is 0 Å². The van der Waals surface area contributed by atoms with E-state index in [4.69, 9.17) is 5.14 Å². The highest BCUT2D eigenvalue weighted by atomic mass is 32.2. The predicted molar refractivity (Wildman–Crippen MR) is 64.0 cm³/mol. The number of hydrogen-bond acceptors (Lipinski definition) is 4. The minimum Gasteiger partial charge on any atom is -0.271 e. The van der Waals surface area contributed by atoms with Crippen molar-refractivity contribution in [3.63, 3.8) is 0 Å². The number of nitrogens with two attached hydrogens (primary N) is 1. The van der Waals surface area contributed by atoms with Crippen molar-refractivity contribution >= 4 is 25.9 Å². The predicted octanol–water partition coefficient (Wildman–Crippen LogP) is -0.400. The summed E-state index contributed by atoms with van der Waals surface area (Å²) in [4.78, 5) is 0.0549. The van der Waals surface area contributed by atoms with Crippen LogP contribution in [0.15, 0.2) is 29.2 Å². The highest BCUT2D eigenvalue weighted by Crippen LogP contribution is 2.14. The maximum absolute atomic E-state index is 11.6. The van der Waals surface area contributed by atoms with Crippen LogP contribution in [0.1, 0.15) is 6.92 Å². The summed E-state index contributed by atoms with van der Waals surface area (Å²) in [6.07, 6.45) is 0. The van der Waals surface area contributed by atoms with Crippen LogP contribution in [-0.4, -0.2) is 23.4 Å². The van der Waals surface area contributed by atoms with Crippen LogP contribution in [0.2, 0.25) is 0 Å². The average molecular weight is 279 g/mol. The minimum atomic E-state index is -3.85. The summed E-state index contributed by atoms with van der Waals surface area (Å²) in [5.41, 5.74) is 0.197. The molecule has 96 valence electrons. The van der Waals surface area contributed by atoms with Crippen molar-refractivity contribution < 1.29 is 16.8 Å². The van der Waals surface area contributed by atoms with Gasteiger partial charge in [-0.2, -0.15) is 8.42 Å². The lowest BCUT2D eigenvalue weighted by Gasteiger charge is -2.06. The second-order valence-electron chi connectivity index (χ2n) is 3.17. The summed E-state index contributed by atoms with van der Waals surface area (Å²) >= 11 is 0. The first kappa shape index (κ1) is 13.9. The molecule has 1 aromatic rings. The van der Waals surface area contributed by atoms with Crippen LogP contribution >= 0.6 is 0 Å². The largest absolute Gasteiger partial charge is 0.296 e. The summed E-state index contributed by atoms with van der Waals surface area (Å²) in [5.74, 6) is 0. The van der Waals surface area contributed by atoms with Gasteiger partial charge in [-0.3, -0.25) is 4.72 Å². The van der Waals surface area contributed by atoms with Gasteiger partial charge in [0.1, 0.15) is 0 Å². The molecule has 17 heavy (non-hydrogen) atoms. The van der Waals surface area contributed by atoms with Crippen molar-refractivity contribution in [2.75, 3.05) is 11.3 Å². The van der Waals surface area contributed by atoms with Crippen LogP contribution in [0.3, 0.4) is 0 Å². The van der Waals surface area contributed by atoms with Crippen molar-refractivity contribution in [2.45, 2.75) is 11.8 Å². The van der Waals surface area contributed by atoms with Crippen LogP contribution in [0.5, 0.6) is 0 Å². The molecule has 0 heterocycles. The third-order valence-electron chi connectivity index (χ3n) is 1.76. The number of hydrogen-bond donors (Lipinski definition) is 3. The Hall–Kier alpha value is -1.16. The lowest BCUT2D eigenvalue weighted by Crippen LogP contribution is -2.23. The maximum Gasteiger partial charge on any atom is 0.296 e. The second-order valence-corrected chi connectivity index (χ2v) is 6.23. The van der Waals surface area contributed by atoms with Crippen molar-refractivity contribution in [2.24, 2.45) is 5.14 Å². The van der Waals surface area contributed by atoms with Gasteiger partial charge in [-0.25, -0.2) is 18.3 Å². The monoisotopic (exact) mass is 279 g/mol. The normalized spacial score (nSPS) is 12.4. The summed E-state index contributed by atoms with van der Waals surface area (Å²) in [6.45, 7) is 1.94. The molecule has 0 spiro atoms. The Kier molecular flexibility index (Phi) is 4.09. The van der Waals surface area contributed by atoms with Crippen LogP contribution in [0.4, 0.5) is 5.69 Å². The first-order chi connectivity index (χ1) is 7.74. The van der Waals surface area contributed by atoms with Gasteiger partial charge in [-0.1, -0.05) is 6.92 Å². The first-order valence-corrected chi connectivity index (χ1v) is 7.68. The SMILES string of the molecule is CCNS(=O)(=O)c1ccc(NS(N)(=O)=O)cc1. The van der Waals surface area contributed by atoms with E-state index < -0.39 is 20.2 Å². The molecule has 0 radical (unpaired) electrons. The van der Waals surface area contributed by atoms with E-state index in [-0.39, 0.29) is 17.1 Å². The topological polar surface area (TPSA) is 118 Å². The Balaban J connectivity index is 2.97. The second kappa shape index (κ2) is 5.00. The summed E-state index contributed by atoms with van der Waals surface area (Å²) < 4.78 is 48.9. The van der Waals surface area contributed by atoms with Gasteiger partial charge >= 0.3 is 0 Å². The Morgan fingerprint density at radius 2 is 1.65 bits per heavy atom. The zero-order valence-electron chi connectivity index (χ0n) is 9.04. The molecule has 0 fully saturated rings. The molecule has 0 atom stereocenters. The first-order valence-electron chi connectivity index (χ1n) is 4.65. The van der Waals surface area contributed by atoms with E-state index in [0.29, 0.717) is 0 Å². The molecule has 0 saturated heterocycles. The van der Waals surface area contributed by atoms with Crippen LogP contribution in [0, 0.1) is 0 Å². The van der Waals surface area contributed by atoms with Gasteiger partial charge in [-0.15, -0.1) is 0 Å². The summed E-state index contributed by atoms with van der Waals surface area (Å²) in [6, 6.07) is 5.19. The molecule has 1 rings (SSSR count). The molecule has 0 aromatic heterocycles. The molecule has 0 aliphatic rings. The van der Waals surface area contributed by atoms with E-state index in [0.717, 1.165) is 0 Å². The third kappa shape index (κ3) is 4.30. The average Bonchev–Trinajstić information content (AvgIpc) is 2.15. The lowest BCUT2D eigenvalue weighted by molar-refractivity contribution is 0.584. The Bertz CT molecular complexity index is 578. The highest BCUT2D eigenvalue weighted by molar-refractivity contribution is 7.90. The molecular weight excluding hydrogens is 266 g/mol. The molecule has 1 aromatic carbocycles. The van der Waals surface area contributed by atoms with E-state index >= 15 is 0 Å². The van der Waals surface area contributed by atoms with E-state index in [9.17, 15) is 16.8 Å². The van der Waals surface area contributed by atoms with Crippen molar-refractivity contribution in [1.82, 2.24) is 4.72 Å². The van der Waals surface area contributed by atoms with Gasteiger partial charge in [-0.05, 0) is 24.3 Å². The molecule has 7 nitrogen and oxygen atoms in total. The van der Waals surface area contributed by atoms with Gasteiger partial charge in [0, 0.05) is 12.2 Å². The molecule has 0 saturated carbocycles. The summed E-state index contributed by atoms with van der Waals surface area (Å²) in [5, 5.41) is 4.77. The molecule has 4 N–H and O–H groups in total. The number of rotatable bonds is 5. The molecule has 9 heteroatoms. The van der Waals surface area contributed by atoms with Gasteiger partial charge in [0.05, 0.1) is 4.90 Å². The smallest absolute Gasteiger partial charge is 0.271 e. The van der Waals surface area contributed by atoms with Gasteiger partial charge in [0.25, 0.3) is 10.2 Å². The van der Waals surface area contributed by atoms with E-state index in [2.05, 4.69) is 4.72 Å². The number of anilines is 1. The van der Waals surface area contributed by atoms with Crippen LogP contribution in [-0.2, 0) is 20.2 Å². The highest BCUT2D eigenvalue weighted by Gasteiger charge is 2.12. The van der Waals surface area contributed by atoms with Gasteiger partial charge in [0.15, 0.2) is 0 Å². The Morgan fingerprint density at radius 1 is 1.12 bits per heavy atom. The van der Waals surface area contributed by atoms with Crippen LogP contribution < -0.4 is 14.6 Å².